The number of hydrogen-bond donors (Lipinski definition) is 1. The summed E-state index contributed by atoms with van der Waals surface area (Å²) in [5.74, 6) is 1.21. The molecule has 8 nitrogen and oxygen atoms in total. The highest BCUT2D eigenvalue weighted by molar-refractivity contribution is 8.18. The summed E-state index contributed by atoms with van der Waals surface area (Å²) in [5.41, 5.74) is 1.28. The molecule has 1 aliphatic rings. The van der Waals surface area contributed by atoms with Crippen molar-refractivity contribution in [2.75, 3.05) is 35.0 Å². The Morgan fingerprint density at radius 3 is 2.15 bits per heavy atom. The van der Waals surface area contributed by atoms with Crippen LogP contribution in [-0.2, 0) is 9.53 Å². The van der Waals surface area contributed by atoms with E-state index in [1.165, 1.54) is 21.3 Å². The van der Waals surface area contributed by atoms with Gasteiger partial charge in [0.15, 0.2) is 11.5 Å². The van der Waals surface area contributed by atoms with Gasteiger partial charge in [0, 0.05) is 0 Å². The van der Waals surface area contributed by atoms with Gasteiger partial charge in [-0.05, 0) is 55.0 Å². The van der Waals surface area contributed by atoms with Crippen LogP contribution in [0.25, 0.3) is 6.08 Å². The van der Waals surface area contributed by atoms with E-state index in [1.807, 2.05) is 0 Å². The molecule has 2 aromatic carbocycles. The first-order chi connectivity index (χ1) is 15.9. The number of esters is 1. The topological polar surface area (TPSA) is 95.8 Å². The molecule has 2 aromatic rings. The summed E-state index contributed by atoms with van der Waals surface area (Å²) < 4.78 is 26.5. The Balaban J connectivity index is 2.07. The fourth-order valence-corrected chi connectivity index (χ4v) is 4.14. The van der Waals surface area contributed by atoms with Crippen molar-refractivity contribution in [1.82, 2.24) is 0 Å². The Morgan fingerprint density at radius 2 is 1.64 bits per heavy atom. The van der Waals surface area contributed by atoms with E-state index in [0.29, 0.717) is 44.2 Å². The molecule has 0 atom stereocenters. The van der Waals surface area contributed by atoms with Crippen molar-refractivity contribution in [2.24, 2.45) is 4.99 Å². The molecule has 1 N–H and O–H groups in total. The molecular formula is C24H25NO7S. The summed E-state index contributed by atoms with van der Waals surface area (Å²) >= 11 is 1.16. The average molecular weight is 472 g/mol. The predicted octanol–water partition coefficient (Wildman–Crippen LogP) is 4.91. The molecule has 1 heterocycles. The number of aliphatic imine (C=N–C) groups is 1. The Kier molecular flexibility index (Phi) is 7.89. The second kappa shape index (κ2) is 10.8. The molecule has 0 fully saturated rings. The van der Waals surface area contributed by atoms with Crippen LogP contribution in [0.2, 0.25) is 0 Å². The Morgan fingerprint density at radius 1 is 1.00 bits per heavy atom. The largest absolute Gasteiger partial charge is 0.506 e. The van der Waals surface area contributed by atoms with Gasteiger partial charge in [0.25, 0.3) is 0 Å². The standard InChI is InChI=1S/C24H25NO7S/c1-6-32-24(27)20-21(26)19(33-23(20)25-15-7-9-16(28-2)10-8-15)13-14-11-17(29-3)22(31-5)18(12-14)30-4/h7-13,26H,6H2,1-5H3/b19-13-,25-23?. The lowest BCUT2D eigenvalue weighted by atomic mass is 10.1. The normalized spacial score (nSPS) is 15.7. The van der Waals surface area contributed by atoms with E-state index in [0.717, 1.165) is 11.8 Å². The zero-order valence-electron chi connectivity index (χ0n) is 19.0. The second-order valence-corrected chi connectivity index (χ2v) is 7.66. The van der Waals surface area contributed by atoms with Gasteiger partial charge in [-0.1, -0.05) is 11.8 Å². The third-order valence-corrected chi connectivity index (χ3v) is 5.68. The summed E-state index contributed by atoms with van der Waals surface area (Å²) in [6, 6.07) is 10.5. The molecule has 174 valence electrons. The van der Waals surface area contributed by atoms with E-state index in [1.54, 1.807) is 56.5 Å². The zero-order chi connectivity index (χ0) is 24.0. The molecule has 3 rings (SSSR count). The maximum atomic E-state index is 12.6. The molecule has 0 saturated heterocycles. The Bertz CT molecular complexity index is 1100. The lowest BCUT2D eigenvalue weighted by Crippen LogP contribution is -2.12. The number of ether oxygens (including phenoxy) is 5. The van der Waals surface area contributed by atoms with Gasteiger partial charge in [0.2, 0.25) is 5.75 Å². The van der Waals surface area contributed by atoms with E-state index >= 15 is 0 Å². The highest BCUT2D eigenvalue weighted by Gasteiger charge is 2.33. The number of benzene rings is 2. The number of hydrogen-bond acceptors (Lipinski definition) is 9. The van der Waals surface area contributed by atoms with Gasteiger partial charge in [0.1, 0.15) is 22.1 Å². The van der Waals surface area contributed by atoms with Crippen LogP contribution < -0.4 is 18.9 Å². The molecule has 0 unspecified atom stereocenters. The lowest BCUT2D eigenvalue weighted by Gasteiger charge is -2.13. The maximum Gasteiger partial charge on any atom is 0.344 e. The third-order valence-electron chi connectivity index (χ3n) is 4.66. The van der Waals surface area contributed by atoms with Gasteiger partial charge in [0.05, 0.1) is 45.6 Å². The van der Waals surface area contributed by atoms with Crippen LogP contribution in [-0.4, -0.2) is 51.2 Å². The van der Waals surface area contributed by atoms with Crippen LogP contribution >= 0.6 is 11.8 Å². The zero-order valence-corrected chi connectivity index (χ0v) is 19.8. The van der Waals surface area contributed by atoms with Crippen LogP contribution in [0.1, 0.15) is 12.5 Å². The molecular weight excluding hydrogens is 446 g/mol. The van der Waals surface area contributed by atoms with Gasteiger partial charge in [-0.25, -0.2) is 9.79 Å². The van der Waals surface area contributed by atoms with Crippen molar-refractivity contribution in [2.45, 2.75) is 6.92 Å². The molecule has 1 aliphatic heterocycles. The van der Waals surface area contributed by atoms with E-state index in [9.17, 15) is 9.90 Å². The third kappa shape index (κ3) is 5.25. The van der Waals surface area contributed by atoms with E-state index in [-0.39, 0.29) is 17.9 Å². The number of nitrogens with zero attached hydrogens (tertiary/aromatic N) is 1. The van der Waals surface area contributed by atoms with Crippen molar-refractivity contribution in [3.05, 3.63) is 58.2 Å². The molecule has 0 radical (unpaired) electrons. The average Bonchev–Trinajstić information content (AvgIpc) is 3.13. The first-order valence-electron chi connectivity index (χ1n) is 9.99. The Labute approximate surface area is 196 Å². The van der Waals surface area contributed by atoms with Gasteiger partial charge >= 0.3 is 5.97 Å². The number of thioether (sulfide) groups is 1. The second-order valence-electron chi connectivity index (χ2n) is 6.63. The molecule has 33 heavy (non-hydrogen) atoms. The monoisotopic (exact) mass is 471 g/mol. The predicted molar refractivity (Wildman–Crippen MR) is 128 cm³/mol. The molecule has 0 aliphatic carbocycles. The van der Waals surface area contributed by atoms with E-state index in [2.05, 4.69) is 4.99 Å². The number of aliphatic hydroxyl groups excluding tert-OH is 1. The number of carbonyl (C=O) groups is 1. The number of methoxy groups -OCH3 is 4. The summed E-state index contributed by atoms with van der Waals surface area (Å²) in [6.45, 7) is 1.87. The molecule has 0 aromatic heterocycles. The molecule has 0 bridgehead atoms. The van der Waals surface area contributed by atoms with Crippen molar-refractivity contribution >= 4 is 34.5 Å². The van der Waals surface area contributed by atoms with Crippen LogP contribution in [0, 0.1) is 0 Å². The van der Waals surface area contributed by atoms with Gasteiger partial charge in [-0.15, -0.1) is 0 Å². The van der Waals surface area contributed by atoms with Crippen LogP contribution in [0.15, 0.2) is 57.6 Å². The fraction of sp³-hybridized carbons (Fsp3) is 0.250. The Hall–Kier alpha value is -3.59. The molecule has 0 spiro atoms. The number of carbonyl (C=O) groups excluding carboxylic acids is 1. The summed E-state index contributed by atoms with van der Waals surface area (Å²) in [7, 11) is 6.14. The van der Waals surface area contributed by atoms with Crippen molar-refractivity contribution in [1.29, 1.82) is 0 Å². The minimum absolute atomic E-state index is 0.0105. The molecule has 0 amide bonds. The highest BCUT2D eigenvalue weighted by Crippen LogP contribution is 2.43. The van der Waals surface area contributed by atoms with Gasteiger partial charge < -0.3 is 28.8 Å². The summed E-state index contributed by atoms with van der Waals surface area (Å²) in [6.07, 6.45) is 1.71. The lowest BCUT2D eigenvalue weighted by molar-refractivity contribution is -0.138. The molecule has 0 saturated carbocycles. The first kappa shape index (κ1) is 24.1. The quantitative estimate of drug-likeness (QED) is 0.543. The van der Waals surface area contributed by atoms with Crippen molar-refractivity contribution in [3.8, 4) is 23.0 Å². The molecule has 9 heteroatoms. The highest BCUT2D eigenvalue weighted by atomic mass is 32.2. The van der Waals surface area contributed by atoms with Crippen molar-refractivity contribution < 1.29 is 33.6 Å². The summed E-state index contributed by atoms with van der Waals surface area (Å²) in [4.78, 5) is 17.6. The maximum absolute atomic E-state index is 12.6. The van der Waals surface area contributed by atoms with Crippen LogP contribution in [0.4, 0.5) is 5.69 Å². The van der Waals surface area contributed by atoms with E-state index in [4.69, 9.17) is 23.7 Å². The summed E-state index contributed by atoms with van der Waals surface area (Å²) in [5, 5.41) is 11.2. The van der Waals surface area contributed by atoms with Crippen LogP contribution in [0.3, 0.4) is 0 Å². The fourth-order valence-electron chi connectivity index (χ4n) is 3.10. The smallest absolute Gasteiger partial charge is 0.344 e. The SMILES string of the molecule is CCOC(=O)C1=C(O)/C(=C/c2cc(OC)c(OC)c(OC)c2)SC1=Nc1ccc(OC)cc1. The number of rotatable bonds is 8. The number of aliphatic hydroxyl groups is 1. The van der Waals surface area contributed by atoms with Crippen LogP contribution in [0.5, 0.6) is 23.0 Å². The van der Waals surface area contributed by atoms with Gasteiger partial charge in [-0.2, -0.15) is 0 Å². The van der Waals surface area contributed by atoms with Crippen molar-refractivity contribution in [3.63, 3.8) is 0 Å². The minimum atomic E-state index is -0.650. The minimum Gasteiger partial charge on any atom is -0.506 e. The van der Waals surface area contributed by atoms with Gasteiger partial charge in [-0.3, -0.25) is 0 Å². The van der Waals surface area contributed by atoms with E-state index < -0.39 is 5.97 Å². The first-order valence-corrected chi connectivity index (χ1v) is 10.8.